The maximum atomic E-state index is 4.01. The molecule has 0 saturated heterocycles. The molecule has 0 bridgehead atoms. The molecule has 1 aromatic carbocycles. The van der Waals surface area contributed by atoms with Gasteiger partial charge in [-0.3, -0.25) is 0 Å². The van der Waals surface area contributed by atoms with Gasteiger partial charge in [0.05, 0.1) is 0 Å². The Morgan fingerprint density at radius 1 is 0.947 bits per heavy atom. The highest BCUT2D eigenvalue weighted by atomic mass is 15.0. The summed E-state index contributed by atoms with van der Waals surface area (Å²) in [5.41, 5.74) is 3.14. The first-order valence-corrected chi connectivity index (χ1v) is 8.09. The van der Waals surface area contributed by atoms with Crippen LogP contribution in [-0.2, 0) is 6.42 Å². The van der Waals surface area contributed by atoms with E-state index in [4.69, 9.17) is 0 Å². The summed E-state index contributed by atoms with van der Waals surface area (Å²) in [6, 6.07) is 10.4. The summed E-state index contributed by atoms with van der Waals surface area (Å²) in [7, 11) is 0. The molecule has 1 saturated carbocycles. The van der Waals surface area contributed by atoms with Crippen molar-refractivity contribution in [2.75, 3.05) is 0 Å². The monoisotopic (exact) mass is 257 g/mol. The van der Waals surface area contributed by atoms with Gasteiger partial charge in [-0.05, 0) is 55.1 Å². The van der Waals surface area contributed by atoms with Crippen LogP contribution in [0.5, 0.6) is 0 Å². The molecule has 0 spiro atoms. The summed E-state index contributed by atoms with van der Waals surface area (Å²) in [4.78, 5) is 0. The van der Waals surface area contributed by atoms with E-state index < -0.39 is 0 Å². The summed E-state index contributed by atoms with van der Waals surface area (Å²) in [5, 5.41) is 4.01. The number of rotatable bonds is 2. The standard InChI is InChI=1S/C18H27N/c1-13-7-5-8-14(2)18(13)19-17-12-6-10-15-9-3-4-11-16(15)17/h3-4,9,11,13-14,17-19H,5-8,10,12H2,1-2H3. The van der Waals surface area contributed by atoms with Gasteiger partial charge in [-0.15, -0.1) is 0 Å². The largest absolute Gasteiger partial charge is 0.307 e. The van der Waals surface area contributed by atoms with E-state index in [1.807, 2.05) is 0 Å². The third-order valence-electron chi connectivity index (χ3n) is 5.31. The quantitative estimate of drug-likeness (QED) is 0.823. The van der Waals surface area contributed by atoms with Crippen LogP contribution in [0.4, 0.5) is 0 Å². The lowest BCUT2D eigenvalue weighted by molar-refractivity contribution is 0.187. The fourth-order valence-electron chi connectivity index (χ4n) is 4.17. The first-order chi connectivity index (χ1) is 9.25. The lowest BCUT2D eigenvalue weighted by atomic mass is 9.77. The van der Waals surface area contributed by atoms with Crippen molar-refractivity contribution in [1.29, 1.82) is 0 Å². The number of fused-ring (bicyclic) bond motifs is 1. The van der Waals surface area contributed by atoms with E-state index in [0.29, 0.717) is 12.1 Å². The van der Waals surface area contributed by atoms with Gasteiger partial charge < -0.3 is 5.32 Å². The molecule has 2 aliphatic carbocycles. The number of nitrogens with one attached hydrogen (secondary N) is 1. The van der Waals surface area contributed by atoms with E-state index in [0.717, 1.165) is 11.8 Å². The smallest absolute Gasteiger partial charge is 0.0325 e. The van der Waals surface area contributed by atoms with Crippen molar-refractivity contribution in [1.82, 2.24) is 5.32 Å². The molecule has 1 fully saturated rings. The van der Waals surface area contributed by atoms with Crippen molar-refractivity contribution in [3.8, 4) is 0 Å². The molecule has 104 valence electrons. The van der Waals surface area contributed by atoms with Gasteiger partial charge >= 0.3 is 0 Å². The summed E-state index contributed by atoms with van der Waals surface area (Å²) in [6.07, 6.45) is 8.13. The zero-order valence-electron chi connectivity index (χ0n) is 12.4. The minimum atomic E-state index is 0.595. The molecule has 1 nitrogen and oxygen atoms in total. The molecule has 0 aliphatic heterocycles. The van der Waals surface area contributed by atoms with Gasteiger partial charge in [0, 0.05) is 12.1 Å². The van der Waals surface area contributed by atoms with Gasteiger partial charge in [-0.2, -0.15) is 0 Å². The van der Waals surface area contributed by atoms with E-state index in [-0.39, 0.29) is 0 Å². The van der Waals surface area contributed by atoms with Crippen LogP contribution in [0.1, 0.15) is 63.1 Å². The molecule has 1 aromatic rings. The number of aryl methyl sites for hydroxylation is 1. The van der Waals surface area contributed by atoms with E-state index in [1.165, 1.54) is 38.5 Å². The second kappa shape index (κ2) is 5.66. The Labute approximate surface area is 117 Å². The molecule has 0 aromatic heterocycles. The van der Waals surface area contributed by atoms with Crippen molar-refractivity contribution >= 4 is 0 Å². The summed E-state index contributed by atoms with van der Waals surface area (Å²) in [6.45, 7) is 4.87. The second-order valence-corrected chi connectivity index (χ2v) is 6.72. The van der Waals surface area contributed by atoms with Crippen LogP contribution in [0.3, 0.4) is 0 Å². The second-order valence-electron chi connectivity index (χ2n) is 6.72. The highest BCUT2D eigenvalue weighted by molar-refractivity contribution is 5.32. The Morgan fingerprint density at radius 2 is 1.68 bits per heavy atom. The summed E-state index contributed by atoms with van der Waals surface area (Å²) < 4.78 is 0. The predicted octanol–water partition coefficient (Wildman–Crippen LogP) is 4.48. The minimum Gasteiger partial charge on any atom is -0.307 e. The Kier molecular flexibility index (Phi) is 3.93. The molecule has 1 heteroatoms. The molecule has 0 amide bonds. The zero-order valence-corrected chi connectivity index (χ0v) is 12.4. The normalized spacial score (nSPS) is 34.8. The molecule has 2 aliphatic rings. The topological polar surface area (TPSA) is 12.0 Å². The van der Waals surface area contributed by atoms with Gasteiger partial charge in [0.1, 0.15) is 0 Å². The highest BCUT2D eigenvalue weighted by Crippen LogP contribution is 2.34. The third kappa shape index (κ3) is 2.72. The number of hydrogen-bond donors (Lipinski definition) is 1. The first kappa shape index (κ1) is 13.2. The van der Waals surface area contributed by atoms with E-state index in [1.54, 1.807) is 11.1 Å². The predicted molar refractivity (Wildman–Crippen MR) is 81.2 cm³/mol. The van der Waals surface area contributed by atoms with Crippen molar-refractivity contribution in [3.05, 3.63) is 35.4 Å². The zero-order chi connectivity index (χ0) is 13.2. The molecule has 19 heavy (non-hydrogen) atoms. The van der Waals surface area contributed by atoms with Crippen molar-refractivity contribution < 1.29 is 0 Å². The molecule has 3 unspecified atom stereocenters. The molecule has 3 atom stereocenters. The van der Waals surface area contributed by atoms with Gasteiger partial charge in [-0.25, -0.2) is 0 Å². The molecule has 0 radical (unpaired) electrons. The van der Waals surface area contributed by atoms with Crippen LogP contribution in [0.15, 0.2) is 24.3 Å². The summed E-state index contributed by atoms with van der Waals surface area (Å²) >= 11 is 0. The lowest BCUT2D eigenvalue weighted by Crippen LogP contribution is -2.45. The Morgan fingerprint density at radius 3 is 2.47 bits per heavy atom. The van der Waals surface area contributed by atoms with Crippen LogP contribution >= 0.6 is 0 Å². The van der Waals surface area contributed by atoms with E-state index >= 15 is 0 Å². The first-order valence-electron chi connectivity index (χ1n) is 8.09. The van der Waals surface area contributed by atoms with Crippen LogP contribution in [-0.4, -0.2) is 6.04 Å². The maximum Gasteiger partial charge on any atom is 0.0325 e. The Balaban J connectivity index is 1.77. The molecular formula is C18H27N. The van der Waals surface area contributed by atoms with E-state index in [9.17, 15) is 0 Å². The van der Waals surface area contributed by atoms with Crippen LogP contribution in [0, 0.1) is 11.8 Å². The van der Waals surface area contributed by atoms with Crippen LogP contribution < -0.4 is 5.32 Å². The average molecular weight is 257 g/mol. The maximum absolute atomic E-state index is 4.01. The van der Waals surface area contributed by atoms with Gasteiger partial charge in [0.15, 0.2) is 0 Å². The highest BCUT2D eigenvalue weighted by Gasteiger charge is 2.31. The lowest BCUT2D eigenvalue weighted by Gasteiger charge is -2.39. The minimum absolute atomic E-state index is 0.595. The van der Waals surface area contributed by atoms with Crippen molar-refractivity contribution in [2.45, 2.75) is 64.5 Å². The fraction of sp³-hybridized carbons (Fsp3) is 0.667. The average Bonchev–Trinajstić information content (AvgIpc) is 2.43. The fourth-order valence-corrected chi connectivity index (χ4v) is 4.17. The number of benzene rings is 1. The van der Waals surface area contributed by atoms with Gasteiger partial charge in [0.25, 0.3) is 0 Å². The van der Waals surface area contributed by atoms with Crippen molar-refractivity contribution in [3.63, 3.8) is 0 Å². The molecule has 1 N–H and O–H groups in total. The Hall–Kier alpha value is -0.820. The third-order valence-corrected chi connectivity index (χ3v) is 5.31. The van der Waals surface area contributed by atoms with Crippen molar-refractivity contribution in [2.24, 2.45) is 11.8 Å². The molecule has 3 rings (SSSR count). The van der Waals surface area contributed by atoms with Gasteiger partial charge in [-0.1, -0.05) is 44.5 Å². The molecular weight excluding hydrogens is 230 g/mol. The van der Waals surface area contributed by atoms with E-state index in [2.05, 4.69) is 43.4 Å². The SMILES string of the molecule is CC1CCCC(C)C1NC1CCCc2ccccc21. The van der Waals surface area contributed by atoms with Crippen LogP contribution in [0.25, 0.3) is 0 Å². The Bertz CT molecular complexity index is 415. The summed E-state index contributed by atoms with van der Waals surface area (Å²) in [5.74, 6) is 1.66. The van der Waals surface area contributed by atoms with Crippen LogP contribution in [0.2, 0.25) is 0 Å². The van der Waals surface area contributed by atoms with Gasteiger partial charge in [0.2, 0.25) is 0 Å². The molecule has 0 heterocycles. The number of hydrogen-bond acceptors (Lipinski definition) is 1.